The fourth-order valence-corrected chi connectivity index (χ4v) is 8.47. The third-order valence-electron chi connectivity index (χ3n) is 9.04. The number of aliphatic carboxylic acids is 1. The van der Waals surface area contributed by atoms with E-state index in [-0.39, 0.29) is 23.7 Å². The van der Waals surface area contributed by atoms with Gasteiger partial charge in [-0.2, -0.15) is 0 Å². The van der Waals surface area contributed by atoms with Crippen molar-refractivity contribution < 1.29 is 14.7 Å². The number of carboxylic acid groups (broad SMARTS) is 1. The molecule has 0 radical (unpaired) electrons. The lowest BCUT2D eigenvalue weighted by molar-refractivity contribution is -0.153. The van der Waals surface area contributed by atoms with Gasteiger partial charge in [0.2, 0.25) is 5.91 Å². The van der Waals surface area contributed by atoms with E-state index < -0.39 is 11.9 Å². The van der Waals surface area contributed by atoms with Crippen LogP contribution in [0.2, 0.25) is 0 Å². The molecule has 0 aliphatic heterocycles. The summed E-state index contributed by atoms with van der Waals surface area (Å²) >= 11 is 0. The summed E-state index contributed by atoms with van der Waals surface area (Å²) in [6.07, 6.45) is 13.4. The minimum atomic E-state index is -0.773. The van der Waals surface area contributed by atoms with Crippen LogP contribution in [-0.4, -0.2) is 23.5 Å². The van der Waals surface area contributed by atoms with E-state index in [1.54, 1.807) is 0 Å². The molecule has 1 amide bonds. The zero-order valence-electron chi connectivity index (χ0n) is 15.3. The Balaban J connectivity index is 1.19. The third kappa shape index (κ3) is 2.13. The van der Waals surface area contributed by atoms with Crippen molar-refractivity contribution in [3.63, 3.8) is 0 Å². The van der Waals surface area contributed by atoms with E-state index in [2.05, 4.69) is 17.5 Å². The van der Waals surface area contributed by atoms with Crippen LogP contribution in [0, 0.1) is 58.7 Å². The second-order valence-electron chi connectivity index (χ2n) is 10.6. The molecule has 6 fully saturated rings. The van der Waals surface area contributed by atoms with Gasteiger partial charge in [-0.25, -0.2) is 0 Å². The lowest BCUT2D eigenvalue weighted by atomic mass is 9.49. The van der Waals surface area contributed by atoms with Crippen LogP contribution in [0.3, 0.4) is 0 Å². The molecule has 2 N–H and O–H groups in total. The van der Waals surface area contributed by atoms with Gasteiger partial charge in [-0.05, 0) is 91.8 Å². The molecular formula is C22H29NO3. The first-order chi connectivity index (χ1) is 12.5. The summed E-state index contributed by atoms with van der Waals surface area (Å²) in [4.78, 5) is 25.1. The summed E-state index contributed by atoms with van der Waals surface area (Å²) in [5, 5.41) is 13.1. The molecule has 6 bridgehead atoms. The van der Waals surface area contributed by atoms with E-state index in [9.17, 15) is 14.7 Å². The number of amides is 1. The second kappa shape index (κ2) is 5.14. The van der Waals surface area contributed by atoms with E-state index in [1.165, 1.54) is 38.5 Å². The highest BCUT2D eigenvalue weighted by Crippen LogP contribution is 2.64. The van der Waals surface area contributed by atoms with Gasteiger partial charge in [0.25, 0.3) is 0 Å². The molecule has 0 spiro atoms. The number of hydrogen-bond acceptors (Lipinski definition) is 2. The first-order valence-corrected chi connectivity index (χ1v) is 10.7. The van der Waals surface area contributed by atoms with Crippen molar-refractivity contribution in [3.8, 4) is 0 Å². The molecule has 4 heteroatoms. The van der Waals surface area contributed by atoms with Crippen LogP contribution >= 0.6 is 0 Å². The van der Waals surface area contributed by atoms with Crippen LogP contribution in [0.5, 0.6) is 0 Å². The van der Waals surface area contributed by atoms with Crippen LogP contribution in [0.4, 0.5) is 0 Å². The predicted octanol–water partition coefficient (Wildman–Crippen LogP) is 3.09. The number of rotatable bonds is 4. The van der Waals surface area contributed by atoms with E-state index in [1.807, 2.05) is 0 Å². The zero-order chi connectivity index (χ0) is 17.6. The first-order valence-electron chi connectivity index (χ1n) is 10.7. The molecule has 0 saturated heterocycles. The van der Waals surface area contributed by atoms with Crippen molar-refractivity contribution in [1.29, 1.82) is 0 Å². The molecular weight excluding hydrogens is 326 g/mol. The largest absolute Gasteiger partial charge is 0.481 e. The number of carboxylic acids is 1. The monoisotopic (exact) mass is 355 g/mol. The van der Waals surface area contributed by atoms with Gasteiger partial charge < -0.3 is 10.4 Å². The van der Waals surface area contributed by atoms with E-state index >= 15 is 0 Å². The average molecular weight is 355 g/mol. The number of fused-ring (bicyclic) bond motifs is 1. The van der Waals surface area contributed by atoms with Crippen LogP contribution in [0.15, 0.2) is 12.2 Å². The Morgan fingerprint density at radius 2 is 1.42 bits per heavy atom. The van der Waals surface area contributed by atoms with E-state index in [0.29, 0.717) is 17.3 Å². The predicted molar refractivity (Wildman–Crippen MR) is 95.9 cm³/mol. The van der Waals surface area contributed by atoms with Gasteiger partial charge in [0, 0.05) is 6.54 Å². The first kappa shape index (κ1) is 15.7. The molecule has 0 aromatic heterocycles. The topological polar surface area (TPSA) is 66.4 Å². The Morgan fingerprint density at radius 1 is 0.885 bits per heavy atom. The van der Waals surface area contributed by atoms with E-state index in [0.717, 1.165) is 30.7 Å². The molecule has 4 nitrogen and oxygen atoms in total. The maximum Gasteiger partial charge on any atom is 0.307 e. The van der Waals surface area contributed by atoms with Crippen LogP contribution < -0.4 is 5.32 Å². The van der Waals surface area contributed by atoms with Crippen molar-refractivity contribution >= 4 is 11.9 Å². The molecule has 0 heterocycles. The Labute approximate surface area is 154 Å². The molecule has 8 aliphatic rings. The van der Waals surface area contributed by atoms with Gasteiger partial charge in [-0.15, -0.1) is 0 Å². The maximum atomic E-state index is 13.2. The second-order valence-corrected chi connectivity index (χ2v) is 10.6. The molecule has 6 saturated carbocycles. The van der Waals surface area contributed by atoms with Crippen LogP contribution in [-0.2, 0) is 9.59 Å². The van der Waals surface area contributed by atoms with Crippen molar-refractivity contribution in [3.05, 3.63) is 12.2 Å². The number of nitrogens with one attached hydrogen (secondary N) is 1. The summed E-state index contributed by atoms with van der Waals surface area (Å²) < 4.78 is 0. The molecule has 8 rings (SSSR count). The molecule has 0 unspecified atom stereocenters. The van der Waals surface area contributed by atoms with Crippen molar-refractivity contribution in [2.24, 2.45) is 58.7 Å². The molecule has 8 aliphatic carbocycles. The number of carbonyl (C=O) groups excluding carboxylic acids is 1. The highest BCUT2D eigenvalue weighted by Gasteiger charge is 2.63. The molecule has 0 aromatic rings. The van der Waals surface area contributed by atoms with Gasteiger partial charge >= 0.3 is 5.97 Å². The summed E-state index contributed by atoms with van der Waals surface area (Å²) in [7, 11) is 0. The molecule has 140 valence electrons. The summed E-state index contributed by atoms with van der Waals surface area (Å²) in [5.74, 6) is 2.37. The van der Waals surface area contributed by atoms with Gasteiger partial charge in [-0.1, -0.05) is 12.2 Å². The highest BCUT2D eigenvalue weighted by molar-refractivity contribution is 5.86. The molecule has 0 aromatic carbocycles. The maximum absolute atomic E-state index is 13.2. The summed E-state index contributed by atoms with van der Waals surface area (Å²) in [6.45, 7) is 0.785. The van der Waals surface area contributed by atoms with Gasteiger partial charge in [0.15, 0.2) is 0 Å². The third-order valence-corrected chi connectivity index (χ3v) is 9.04. The zero-order valence-corrected chi connectivity index (χ0v) is 15.3. The number of allylic oxidation sites excluding steroid dienone is 2. The molecule has 6 atom stereocenters. The van der Waals surface area contributed by atoms with Crippen molar-refractivity contribution in [2.75, 3.05) is 6.54 Å². The van der Waals surface area contributed by atoms with Crippen LogP contribution in [0.1, 0.15) is 44.9 Å². The Bertz CT molecular complexity index is 662. The highest BCUT2D eigenvalue weighted by atomic mass is 16.4. The van der Waals surface area contributed by atoms with Crippen molar-refractivity contribution in [1.82, 2.24) is 5.32 Å². The lowest BCUT2D eigenvalue weighted by Gasteiger charge is -2.57. The quantitative estimate of drug-likeness (QED) is 0.762. The van der Waals surface area contributed by atoms with Crippen LogP contribution in [0.25, 0.3) is 0 Å². The number of hydrogen-bond donors (Lipinski definition) is 2. The summed E-state index contributed by atoms with van der Waals surface area (Å²) in [6, 6.07) is 0. The van der Waals surface area contributed by atoms with Gasteiger partial charge in [0.1, 0.15) is 0 Å². The Morgan fingerprint density at radius 3 is 1.96 bits per heavy atom. The van der Waals surface area contributed by atoms with Gasteiger partial charge in [0.05, 0.1) is 11.8 Å². The smallest absolute Gasteiger partial charge is 0.307 e. The average Bonchev–Trinajstić information content (AvgIpc) is 3.40. The standard InChI is InChI=1S/C22H29NO3/c24-20(18-14-1-2-15(17-6-16(14)17)19(18)21(25)26)23-10-22-7-11-3-12(8-22)5-13(4-11)9-22/h1-2,11-19H,3-10H2,(H,23,24)(H,25,26)/t11?,12?,13?,14-,15-,16-,17+,18+,19+,22?/m0/s1. The Hall–Kier alpha value is -1.32. The minimum Gasteiger partial charge on any atom is -0.481 e. The fraction of sp³-hybridized carbons (Fsp3) is 0.818. The fourth-order valence-electron chi connectivity index (χ4n) is 8.47. The Kier molecular flexibility index (Phi) is 3.11. The van der Waals surface area contributed by atoms with Crippen molar-refractivity contribution in [2.45, 2.75) is 44.9 Å². The minimum absolute atomic E-state index is 0.0258. The van der Waals surface area contributed by atoms with Gasteiger partial charge in [-0.3, -0.25) is 9.59 Å². The molecule has 26 heavy (non-hydrogen) atoms. The lowest BCUT2D eigenvalue weighted by Crippen LogP contribution is -2.54. The number of carbonyl (C=O) groups is 2. The SMILES string of the molecule is O=C(O)[C@@H]1[C@H]2C=C[C@@H]([C@@H]3C[C@H]23)[C@H]1C(=O)NCC12CC3CC(CC(C3)C1)C2. The summed E-state index contributed by atoms with van der Waals surface area (Å²) in [5.41, 5.74) is 0.314. The van der Waals surface area contributed by atoms with E-state index in [4.69, 9.17) is 0 Å². The normalized spacial score (nSPS) is 54.8.